The molecule has 0 radical (unpaired) electrons. The minimum absolute atomic E-state index is 0.0819. The maximum absolute atomic E-state index is 11.5. The number of hydrogen-bond acceptors (Lipinski definition) is 5. The van der Waals surface area contributed by atoms with E-state index in [0.717, 1.165) is 17.0 Å². The van der Waals surface area contributed by atoms with E-state index in [1.807, 2.05) is 37.3 Å². The molecule has 0 aliphatic carbocycles. The second-order valence-electron chi connectivity index (χ2n) is 5.14. The highest BCUT2D eigenvalue weighted by molar-refractivity contribution is 5.90. The molecule has 0 atom stereocenters. The van der Waals surface area contributed by atoms with Crippen molar-refractivity contribution in [2.75, 3.05) is 5.32 Å². The molecule has 0 aliphatic rings. The summed E-state index contributed by atoms with van der Waals surface area (Å²) in [5.74, 6) is 0.155. The third-order valence-corrected chi connectivity index (χ3v) is 3.37. The molecule has 0 aromatic carbocycles. The largest absolute Gasteiger partial charge is 0.363 e. The van der Waals surface area contributed by atoms with Gasteiger partial charge < -0.3 is 11.1 Å². The minimum Gasteiger partial charge on any atom is -0.363 e. The average Bonchev–Trinajstić information content (AvgIpc) is 2.98. The summed E-state index contributed by atoms with van der Waals surface area (Å²) < 4.78 is 1.56. The van der Waals surface area contributed by atoms with E-state index in [2.05, 4.69) is 27.1 Å². The Morgan fingerprint density at radius 2 is 2.12 bits per heavy atom. The lowest BCUT2D eigenvalue weighted by atomic mass is 10.2. The second-order valence-corrected chi connectivity index (χ2v) is 5.14. The molecule has 7 nitrogen and oxygen atoms in total. The van der Waals surface area contributed by atoms with Crippen LogP contribution in [0, 0.1) is 6.92 Å². The van der Waals surface area contributed by atoms with Crippen molar-refractivity contribution in [1.29, 1.82) is 0 Å². The van der Waals surface area contributed by atoms with Gasteiger partial charge in [0.25, 0.3) is 5.91 Å². The van der Waals surface area contributed by atoms with Crippen LogP contribution in [0.3, 0.4) is 0 Å². The number of fused-ring (bicyclic) bond motifs is 1. The Balaban J connectivity index is 2.04. The molecule has 24 heavy (non-hydrogen) atoms. The monoisotopic (exact) mass is 320 g/mol. The number of rotatable bonds is 5. The van der Waals surface area contributed by atoms with E-state index >= 15 is 0 Å². The van der Waals surface area contributed by atoms with E-state index in [9.17, 15) is 4.79 Å². The van der Waals surface area contributed by atoms with Crippen LogP contribution in [0.25, 0.3) is 11.3 Å². The number of allylic oxidation sites excluding steroid dienone is 2. The first-order valence-corrected chi connectivity index (χ1v) is 7.27. The molecule has 3 heterocycles. The summed E-state index contributed by atoms with van der Waals surface area (Å²) in [6.45, 7) is 5.66. The van der Waals surface area contributed by atoms with Crippen LogP contribution in [-0.4, -0.2) is 25.5 Å². The lowest BCUT2D eigenvalue weighted by Gasteiger charge is -2.11. The Morgan fingerprint density at radius 3 is 2.83 bits per heavy atom. The SMILES string of the molecule is C=C/C=C(\Nc1cccc(C)n1)c1ccc2nnc(C(N)=O)n2c1. The van der Waals surface area contributed by atoms with Crippen molar-refractivity contribution in [3.63, 3.8) is 0 Å². The summed E-state index contributed by atoms with van der Waals surface area (Å²) in [5.41, 5.74) is 8.36. The van der Waals surface area contributed by atoms with E-state index in [4.69, 9.17) is 5.73 Å². The van der Waals surface area contributed by atoms with Crippen LogP contribution in [0.4, 0.5) is 5.82 Å². The fraction of sp³-hybridized carbons (Fsp3) is 0.0588. The van der Waals surface area contributed by atoms with Crippen LogP contribution < -0.4 is 11.1 Å². The van der Waals surface area contributed by atoms with Crippen molar-refractivity contribution in [1.82, 2.24) is 19.6 Å². The van der Waals surface area contributed by atoms with Crippen LogP contribution in [-0.2, 0) is 0 Å². The molecule has 0 fully saturated rings. The third-order valence-electron chi connectivity index (χ3n) is 3.37. The zero-order valence-corrected chi connectivity index (χ0v) is 13.1. The molecule has 3 aromatic heterocycles. The lowest BCUT2D eigenvalue weighted by molar-refractivity contribution is 0.0989. The molecular formula is C17H16N6O. The normalized spacial score (nSPS) is 11.5. The molecule has 3 rings (SSSR count). The van der Waals surface area contributed by atoms with Gasteiger partial charge in [0.15, 0.2) is 5.65 Å². The Hall–Kier alpha value is -3.48. The van der Waals surface area contributed by atoms with Crippen molar-refractivity contribution in [2.45, 2.75) is 6.92 Å². The predicted octanol–water partition coefficient (Wildman–Crippen LogP) is 2.17. The van der Waals surface area contributed by atoms with Gasteiger partial charge in [-0.05, 0) is 37.3 Å². The van der Waals surface area contributed by atoms with Gasteiger partial charge >= 0.3 is 0 Å². The number of aryl methyl sites for hydroxylation is 1. The molecule has 7 heteroatoms. The lowest BCUT2D eigenvalue weighted by Crippen LogP contribution is -2.15. The zero-order valence-electron chi connectivity index (χ0n) is 13.1. The summed E-state index contributed by atoms with van der Waals surface area (Å²) in [7, 11) is 0. The highest BCUT2D eigenvalue weighted by atomic mass is 16.1. The minimum atomic E-state index is -0.637. The molecule has 0 saturated carbocycles. The van der Waals surface area contributed by atoms with E-state index in [1.54, 1.807) is 22.7 Å². The quantitative estimate of drug-likeness (QED) is 0.702. The van der Waals surface area contributed by atoms with Crippen molar-refractivity contribution in [2.24, 2.45) is 5.73 Å². The summed E-state index contributed by atoms with van der Waals surface area (Å²) >= 11 is 0. The summed E-state index contributed by atoms with van der Waals surface area (Å²) in [5, 5.41) is 11.0. The highest BCUT2D eigenvalue weighted by Gasteiger charge is 2.12. The van der Waals surface area contributed by atoms with Crippen LogP contribution >= 0.6 is 0 Å². The van der Waals surface area contributed by atoms with Gasteiger partial charge in [0.2, 0.25) is 5.82 Å². The topological polar surface area (TPSA) is 98.2 Å². The molecule has 3 aromatic rings. The van der Waals surface area contributed by atoms with Crippen LogP contribution in [0.1, 0.15) is 21.9 Å². The Morgan fingerprint density at radius 1 is 1.29 bits per heavy atom. The van der Waals surface area contributed by atoms with Crippen molar-refractivity contribution < 1.29 is 4.79 Å². The summed E-state index contributed by atoms with van der Waals surface area (Å²) in [4.78, 5) is 15.9. The van der Waals surface area contributed by atoms with Gasteiger partial charge in [-0.25, -0.2) is 4.98 Å². The molecule has 0 spiro atoms. The number of nitrogens with two attached hydrogens (primary N) is 1. The van der Waals surface area contributed by atoms with Crippen molar-refractivity contribution in [3.05, 3.63) is 72.3 Å². The third kappa shape index (κ3) is 3.00. The van der Waals surface area contributed by atoms with Gasteiger partial charge in [-0.3, -0.25) is 9.20 Å². The molecule has 3 N–H and O–H groups in total. The number of amides is 1. The van der Waals surface area contributed by atoms with Gasteiger partial charge in [0.05, 0.1) is 0 Å². The number of nitrogens with zero attached hydrogens (tertiary/aromatic N) is 4. The number of carbonyl (C=O) groups excluding carboxylic acids is 1. The standard InChI is InChI=1S/C17H16N6O/c1-3-5-13(20-14-7-4-6-11(2)19-14)12-8-9-15-21-22-17(16(18)24)23(15)10-12/h3-10H,1H2,2H3,(H2,18,24)(H,19,20)/b13-5-. The van der Waals surface area contributed by atoms with Crippen LogP contribution in [0.15, 0.2) is 55.3 Å². The molecular weight excluding hydrogens is 304 g/mol. The molecule has 0 aliphatic heterocycles. The first-order valence-electron chi connectivity index (χ1n) is 7.27. The maximum Gasteiger partial charge on any atom is 0.287 e. The smallest absolute Gasteiger partial charge is 0.287 e. The Labute approximate surface area is 138 Å². The van der Waals surface area contributed by atoms with Crippen LogP contribution in [0.2, 0.25) is 0 Å². The van der Waals surface area contributed by atoms with Crippen LogP contribution in [0.5, 0.6) is 0 Å². The fourth-order valence-electron chi connectivity index (χ4n) is 2.30. The van der Waals surface area contributed by atoms with Crippen molar-refractivity contribution in [3.8, 4) is 0 Å². The Bertz CT molecular complexity index is 957. The average molecular weight is 320 g/mol. The number of primary amides is 1. The number of aromatic nitrogens is 4. The predicted molar refractivity (Wildman–Crippen MR) is 92.3 cm³/mol. The van der Waals surface area contributed by atoms with E-state index in [0.29, 0.717) is 11.5 Å². The summed E-state index contributed by atoms with van der Waals surface area (Å²) in [6.07, 6.45) is 5.23. The van der Waals surface area contributed by atoms with Gasteiger partial charge in [0, 0.05) is 23.2 Å². The van der Waals surface area contributed by atoms with Gasteiger partial charge in [-0.15, -0.1) is 10.2 Å². The van der Waals surface area contributed by atoms with Gasteiger partial charge in [0.1, 0.15) is 5.82 Å². The fourth-order valence-corrected chi connectivity index (χ4v) is 2.30. The molecule has 0 unspecified atom stereocenters. The van der Waals surface area contributed by atoms with E-state index < -0.39 is 5.91 Å². The molecule has 0 bridgehead atoms. The second kappa shape index (κ2) is 6.33. The molecule has 120 valence electrons. The maximum atomic E-state index is 11.5. The molecule has 0 saturated heterocycles. The zero-order chi connectivity index (χ0) is 17.1. The number of nitrogens with one attached hydrogen (secondary N) is 1. The Kier molecular flexibility index (Phi) is 4.07. The first kappa shape index (κ1) is 15.4. The number of anilines is 1. The first-order chi connectivity index (χ1) is 11.6. The number of carbonyl (C=O) groups is 1. The van der Waals surface area contributed by atoms with E-state index in [1.165, 1.54) is 0 Å². The molecule has 1 amide bonds. The highest BCUT2D eigenvalue weighted by Crippen LogP contribution is 2.19. The van der Waals surface area contributed by atoms with Gasteiger partial charge in [-0.2, -0.15) is 0 Å². The number of hydrogen-bond donors (Lipinski definition) is 2. The van der Waals surface area contributed by atoms with Crippen molar-refractivity contribution >= 4 is 23.1 Å². The number of pyridine rings is 2. The van der Waals surface area contributed by atoms with Gasteiger partial charge in [-0.1, -0.05) is 18.7 Å². The summed E-state index contributed by atoms with van der Waals surface area (Å²) in [6, 6.07) is 9.34. The van der Waals surface area contributed by atoms with E-state index in [-0.39, 0.29) is 5.82 Å².